The van der Waals surface area contributed by atoms with Crippen molar-refractivity contribution in [3.05, 3.63) is 70.0 Å². The number of nitrogens with one attached hydrogen (secondary N) is 1. The van der Waals surface area contributed by atoms with E-state index in [1.165, 1.54) is 16.7 Å². The van der Waals surface area contributed by atoms with Crippen LogP contribution in [0.2, 0.25) is 5.02 Å². The second-order valence-electron chi connectivity index (χ2n) is 5.76. The fourth-order valence-electron chi connectivity index (χ4n) is 3.35. The van der Waals surface area contributed by atoms with E-state index in [9.17, 15) is 4.39 Å². The van der Waals surface area contributed by atoms with Crippen molar-refractivity contribution in [2.45, 2.75) is 25.2 Å². The van der Waals surface area contributed by atoms with Gasteiger partial charge in [-0.1, -0.05) is 29.8 Å². The van der Waals surface area contributed by atoms with E-state index in [0.29, 0.717) is 11.8 Å². The van der Waals surface area contributed by atoms with Crippen molar-refractivity contribution in [3.8, 4) is 0 Å². The van der Waals surface area contributed by atoms with Crippen molar-refractivity contribution in [1.82, 2.24) is 5.32 Å². The largest absolute Gasteiger partial charge is 0.316 e. The molecule has 2 unspecified atom stereocenters. The van der Waals surface area contributed by atoms with Crippen LogP contribution in [0.4, 0.5) is 4.39 Å². The topological polar surface area (TPSA) is 12.0 Å². The summed E-state index contributed by atoms with van der Waals surface area (Å²) in [4.78, 5) is 0. The molecule has 1 saturated heterocycles. The highest BCUT2D eigenvalue weighted by Crippen LogP contribution is 2.39. The van der Waals surface area contributed by atoms with E-state index in [-0.39, 0.29) is 5.82 Å². The van der Waals surface area contributed by atoms with Gasteiger partial charge in [0.1, 0.15) is 5.82 Å². The Morgan fingerprint density at radius 3 is 2.57 bits per heavy atom. The van der Waals surface area contributed by atoms with Crippen LogP contribution in [0, 0.1) is 12.7 Å². The van der Waals surface area contributed by atoms with Gasteiger partial charge in [-0.2, -0.15) is 0 Å². The summed E-state index contributed by atoms with van der Waals surface area (Å²) < 4.78 is 13.2. The first-order chi connectivity index (χ1) is 10.1. The third-order valence-corrected chi connectivity index (χ3v) is 4.65. The molecule has 1 heterocycles. The second kappa shape index (κ2) is 6.17. The predicted molar refractivity (Wildman–Crippen MR) is 85.6 cm³/mol. The van der Waals surface area contributed by atoms with Crippen LogP contribution in [0.1, 0.15) is 34.9 Å². The Morgan fingerprint density at radius 2 is 1.86 bits per heavy atom. The zero-order valence-corrected chi connectivity index (χ0v) is 12.8. The van der Waals surface area contributed by atoms with Crippen molar-refractivity contribution in [1.29, 1.82) is 0 Å². The van der Waals surface area contributed by atoms with E-state index < -0.39 is 0 Å². The van der Waals surface area contributed by atoms with Crippen LogP contribution in [0.3, 0.4) is 0 Å². The molecule has 1 nitrogen and oxygen atoms in total. The lowest BCUT2D eigenvalue weighted by molar-refractivity contribution is 0.403. The molecule has 110 valence electrons. The molecule has 0 aromatic heterocycles. The Morgan fingerprint density at radius 1 is 1.10 bits per heavy atom. The minimum absolute atomic E-state index is 0.179. The fraction of sp³-hybridized carbons (Fsp3) is 0.333. The first-order valence-electron chi connectivity index (χ1n) is 7.37. The van der Waals surface area contributed by atoms with E-state index in [1.54, 1.807) is 12.1 Å². The molecule has 0 saturated carbocycles. The number of benzene rings is 2. The molecular formula is C18H19ClFN. The smallest absolute Gasteiger partial charge is 0.123 e. The number of halogens is 2. The van der Waals surface area contributed by atoms with E-state index in [0.717, 1.165) is 24.5 Å². The molecule has 1 aliphatic heterocycles. The summed E-state index contributed by atoms with van der Waals surface area (Å²) in [6.45, 7) is 4.06. The third kappa shape index (κ3) is 3.12. The molecular weight excluding hydrogens is 285 g/mol. The molecule has 0 aliphatic carbocycles. The zero-order chi connectivity index (χ0) is 14.8. The van der Waals surface area contributed by atoms with Gasteiger partial charge in [0.25, 0.3) is 0 Å². The molecule has 0 spiro atoms. The highest BCUT2D eigenvalue weighted by atomic mass is 35.5. The molecule has 3 rings (SSSR count). The molecule has 3 heteroatoms. The predicted octanol–water partition coefficient (Wildman–Crippen LogP) is 4.65. The summed E-state index contributed by atoms with van der Waals surface area (Å²) in [5.74, 6) is 0.648. The zero-order valence-electron chi connectivity index (χ0n) is 12.1. The van der Waals surface area contributed by atoms with Gasteiger partial charge in [0.05, 0.1) is 0 Å². The van der Waals surface area contributed by atoms with Gasteiger partial charge >= 0.3 is 0 Å². The quantitative estimate of drug-likeness (QED) is 0.851. The van der Waals surface area contributed by atoms with Crippen LogP contribution >= 0.6 is 11.6 Å². The van der Waals surface area contributed by atoms with Crippen LogP contribution in [0.15, 0.2) is 42.5 Å². The third-order valence-electron chi connectivity index (χ3n) is 4.41. The molecule has 0 radical (unpaired) electrons. The Hall–Kier alpha value is -1.38. The maximum Gasteiger partial charge on any atom is 0.123 e. The lowest BCUT2D eigenvalue weighted by atomic mass is 9.76. The van der Waals surface area contributed by atoms with E-state index in [4.69, 9.17) is 11.6 Å². The summed E-state index contributed by atoms with van der Waals surface area (Å²) in [6.07, 6.45) is 1.09. The van der Waals surface area contributed by atoms with E-state index >= 15 is 0 Å². The van der Waals surface area contributed by atoms with Crippen LogP contribution in [-0.2, 0) is 0 Å². The van der Waals surface area contributed by atoms with Crippen molar-refractivity contribution in [2.24, 2.45) is 0 Å². The monoisotopic (exact) mass is 303 g/mol. The van der Waals surface area contributed by atoms with Crippen molar-refractivity contribution in [2.75, 3.05) is 13.1 Å². The second-order valence-corrected chi connectivity index (χ2v) is 6.19. The van der Waals surface area contributed by atoms with Gasteiger partial charge in [-0.3, -0.25) is 0 Å². The molecule has 2 aromatic carbocycles. The average Bonchev–Trinajstić information content (AvgIpc) is 2.48. The maximum atomic E-state index is 13.2. The van der Waals surface area contributed by atoms with Gasteiger partial charge in [-0.05, 0) is 66.8 Å². The number of hydrogen-bond acceptors (Lipinski definition) is 1. The van der Waals surface area contributed by atoms with E-state index in [2.05, 4.69) is 18.3 Å². The Bertz CT molecular complexity index is 624. The highest BCUT2D eigenvalue weighted by Gasteiger charge is 2.28. The summed E-state index contributed by atoms with van der Waals surface area (Å²) in [6, 6.07) is 13.1. The van der Waals surface area contributed by atoms with Crippen LogP contribution < -0.4 is 5.32 Å². The normalized spacial score (nSPS) is 22.2. The molecule has 0 amide bonds. The van der Waals surface area contributed by atoms with E-state index in [1.807, 2.05) is 24.3 Å². The Kier molecular flexibility index (Phi) is 4.27. The first kappa shape index (κ1) is 14.6. The number of piperidine rings is 1. The van der Waals surface area contributed by atoms with Crippen LogP contribution in [-0.4, -0.2) is 13.1 Å². The molecule has 0 bridgehead atoms. The molecule has 1 N–H and O–H groups in total. The lowest BCUT2D eigenvalue weighted by Gasteiger charge is -2.34. The summed E-state index contributed by atoms with van der Waals surface area (Å²) in [7, 11) is 0. The van der Waals surface area contributed by atoms with Crippen LogP contribution in [0.5, 0.6) is 0 Å². The van der Waals surface area contributed by atoms with Gasteiger partial charge in [-0.15, -0.1) is 0 Å². The fourth-order valence-corrected chi connectivity index (χ4v) is 3.57. The lowest BCUT2D eigenvalue weighted by Crippen LogP contribution is -2.34. The Labute approximate surface area is 130 Å². The number of rotatable bonds is 2. The van der Waals surface area contributed by atoms with Gasteiger partial charge in [0.15, 0.2) is 0 Å². The van der Waals surface area contributed by atoms with Crippen molar-refractivity contribution >= 4 is 11.6 Å². The maximum absolute atomic E-state index is 13.2. The Balaban J connectivity index is 1.96. The molecule has 2 aromatic rings. The van der Waals surface area contributed by atoms with Crippen molar-refractivity contribution < 1.29 is 4.39 Å². The summed E-state index contributed by atoms with van der Waals surface area (Å²) >= 11 is 6.07. The molecule has 1 fully saturated rings. The number of aryl methyl sites for hydroxylation is 1. The summed E-state index contributed by atoms with van der Waals surface area (Å²) in [5, 5.41) is 4.24. The van der Waals surface area contributed by atoms with Crippen molar-refractivity contribution in [3.63, 3.8) is 0 Å². The summed E-state index contributed by atoms with van der Waals surface area (Å²) in [5.41, 5.74) is 3.79. The SMILES string of the molecule is Cc1cc(Cl)ccc1C1CCNCC1c1ccc(F)cc1. The standard InChI is InChI=1S/C18H19ClFN/c1-12-10-14(19)4-7-16(12)17-8-9-21-11-18(17)13-2-5-15(20)6-3-13/h2-7,10,17-18,21H,8-9,11H2,1H3. The van der Waals surface area contributed by atoms with Gasteiger partial charge in [0, 0.05) is 17.5 Å². The minimum Gasteiger partial charge on any atom is -0.316 e. The molecule has 21 heavy (non-hydrogen) atoms. The first-order valence-corrected chi connectivity index (χ1v) is 7.75. The number of hydrogen-bond donors (Lipinski definition) is 1. The highest BCUT2D eigenvalue weighted by molar-refractivity contribution is 6.30. The molecule has 1 aliphatic rings. The van der Waals surface area contributed by atoms with Crippen LogP contribution in [0.25, 0.3) is 0 Å². The average molecular weight is 304 g/mol. The van der Waals surface area contributed by atoms with Gasteiger partial charge in [-0.25, -0.2) is 4.39 Å². The van der Waals surface area contributed by atoms with Gasteiger partial charge < -0.3 is 5.32 Å². The van der Waals surface area contributed by atoms with Gasteiger partial charge in [0.2, 0.25) is 0 Å². The molecule has 2 atom stereocenters. The minimum atomic E-state index is -0.179.